The second-order valence-corrected chi connectivity index (χ2v) is 9.60. The van der Waals surface area contributed by atoms with E-state index in [4.69, 9.17) is 4.74 Å². The molecule has 32 heavy (non-hydrogen) atoms. The van der Waals surface area contributed by atoms with E-state index < -0.39 is 10.0 Å². The van der Waals surface area contributed by atoms with Gasteiger partial charge in [0.2, 0.25) is 0 Å². The number of hydrogen-bond donors (Lipinski definition) is 1. The minimum Gasteiger partial charge on any atom is -0.494 e. The van der Waals surface area contributed by atoms with Crippen molar-refractivity contribution in [1.82, 2.24) is 0 Å². The molecule has 0 fully saturated rings. The van der Waals surface area contributed by atoms with Crippen LogP contribution in [-0.2, 0) is 10.0 Å². The Labute approximate surface area is 189 Å². The van der Waals surface area contributed by atoms with E-state index in [9.17, 15) is 13.2 Å². The van der Waals surface area contributed by atoms with Gasteiger partial charge >= 0.3 is 0 Å². The van der Waals surface area contributed by atoms with Crippen LogP contribution in [0.4, 0.5) is 11.4 Å². The molecule has 0 radical (unpaired) electrons. The van der Waals surface area contributed by atoms with E-state index in [-0.39, 0.29) is 10.8 Å². The number of aryl methyl sites for hydroxylation is 3. The van der Waals surface area contributed by atoms with E-state index in [0.29, 0.717) is 34.9 Å². The summed E-state index contributed by atoms with van der Waals surface area (Å²) in [6, 6.07) is 17.1. The van der Waals surface area contributed by atoms with E-state index in [1.165, 1.54) is 23.5 Å². The average Bonchev–Trinajstić information content (AvgIpc) is 2.76. The minimum atomic E-state index is -3.86. The Bertz CT molecular complexity index is 1240. The van der Waals surface area contributed by atoms with E-state index in [2.05, 4.69) is 5.32 Å². The van der Waals surface area contributed by atoms with Crippen molar-refractivity contribution in [2.75, 3.05) is 23.3 Å². The standard InChI is InChI=1S/C25H28N2O4S/c1-6-31-22-12-10-21(11-13-22)27(5)32(29,30)23-14-8-18(3)24(16-23)25(28)26-20-9-7-17(2)19(4)15-20/h7-16H,6H2,1-5H3,(H,26,28). The van der Waals surface area contributed by atoms with Gasteiger partial charge < -0.3 is 10.1 Å². The largest absolute Gasteiger partial charge is 0.494 e. The van der Waals surface area contributed by atoms with Crippen LogP contribution < -0.4 is 14.4 Å². The zero-order valence-electron chi connectivity index (χ0n) is 19.0. The number of nitrogens with one attached hydrogen (secondary N) is 1. The van der Waals surface area contributed by atoms with Crippen molar-refractivity contribution in [2.24, 2.45) is 0 Å². The van der Waals surface area contributed by atoms with Crippen molar-refractivity contribution < 1.29 is 17.9 Å². The third-order valence-electron chi connectivity index (χ3n) is 5.39. The predicted octanol–water partition coefficient (Wildman–Crippen LogP) is 5.09. The van der Waals surface area contributed by atoms with E-state index in [1.807, 2.05) is 39.0 Å². The number of carbonyl (C=O) groups excluding carboxylic acids is 1. The number of ether oxygens (including phenoxy) is 1. The Hall–Kier alpha value is -3.32. The topological polar surface area (TPSA) is 75.7 Å². The molecule has 168 valence electrons. The first-order valence-electron chi connectivity index (χ1n) is 10.3. The third-order valence-corrected chi connectivity index (χ3v) is 7.17. The molecule has 0 spiro atoms. The number of benzene rings is 3. The van der Waals surface area contributed by atoms with Gasteiger partial charge in [-0.25, -0.2) is 8.42 Å². The van der Waals surface area contributed by atoms with Crippen LogP contribution in [0.1, 0.15) is 34.0 Å². The van der Waals surface area contributed by atoms with Crippen LogP contribution in [0.15, 0.2) is 65.6 Å². The zero-order valence-corrected chi connectivity index (χ0v) is 19.8. The second kappa shape index (κ2) is 9.44. The first-order valence-corrected chi connectivity index (χ1v) is 11.8. The molecule has 6 nitrogen and oxygen atoms in total. The molecule has 3 aromatic rings. The average molecular weight is 453 g/mol. The molecule has 0 aliphatic carbocycles. The molecule has 0 unspecified atom stereocenters. The first kappa shape index (κ1) is 23.3. The summed E-state index contributed by atoms with van der Waals surface area (Å²) >= 11 is 0. The molecule has 0 heterocycles. The van der Waals surface area contributed by atoms with Gasteiger partial charge in [-0.05, 0) is 92.9 Å². The molecule has 3 aromatic carbocycles. The van der Waals surface area contributed by atoms with Gasteiger partial charge in [0.15, 0.2) is 0 Å². The number of sulfonamides is 1. The van der Waals surface area contributed by atoms with Crippen molar-refractivity contribution >= 4 is 27.3 Å². The van der Waals surface area contributed by atoms with Crippen LogP contribution in [0.5, 0.6) is 5.75 Å². The maximum absolute atomic E-state index is 13.2. The Morgan fingerprint density at radius 1 is 0.906 bits per heavy atom. The highest BCUT2D eigenvalue weighted by Gasteiger charge is 2.23. The molecular formula is C25H28N2O4S. The molecule has 1 amide bonds. The maximum atomic E-state index is 13.2. The third kappa shape index (κ3) is 4.94. The molecule has 7 heteroatoms. The molecule has 1 N–H and O–H groups in total. The lowest BCUT2D eigenvalue weighted by Crippen LogP contribution is -2.27. The Morgan fingerprint density at radius 2 is 1.56 bits per heavy atom. The quantitative estimate of drug-likeness (QED) is 0.542. The fourth-order valence-corrected chi connectivity index (χ4v) is 4.46. The second-order valence-electron chi connectivity index (χ2n) is 7.63. The number of rotatable bonds is 7. The Kier molecular flexibility index (Phi) is 6.89. The molecular weight excluding hydrogens is 424 g/mol. The maximum Gasteiger partial charge on any atom is 0.264 e. The number of amides is 1. The molecule has 0 bridgehead atoms. The summed E-state index contributed by atoms with van der Waals surface area (Å²) in [5, 5.41) is 2.86. The molecule has 0 saturated carbocycles. The van der Waals surface area contributed by atoms with Gasteiger partial charge in [0, 0.05) is 18.3 Å². The molecule has 0 aliphatic rings. The van der Waals surface area contributed by atoms with Crippen molar-refractivity contribution in [3.05, 3.63) is 82.9 Å². The highest BCUT2D eigenvalue weighted by molar-refractivity contribution is 7.92. The summed E-state index contributed by atoms with van der Waals surface area (Å²) < 4.78 is 33.1. The SMILES string of the molecule is CCOc1ccc(N(C)S(=O)(=O)c2ccc(C)c(C(=O)Nc3ccc(C)c(C)c3)c2)cc1. The van der Waals surface area contributed by atoms with Crippen LogP contribution >= 0.6 is 0 Å². The van der Waals surface area contributed by atoms with E-state index in [0.717, 1.165) is 11.1 Å². The lowest BCUT2D eigenvalue weighted by atomic mass is 10.1. The van der Waals surface area contributed by atoms with E-state index in [1.54, 1.807) is 37.3 Å². The summed E-state index contributed by atoms with van der Waals surface area (Å²) in [6.45, 7) is 8.17. The van der Waals surface area contributed by atoms with Gasteiger partial charge in [-0.2, -0.15) is 0 Å². The summed E-state index contributed by atoms with van der Waals surface area (Å²) in [5.74, 6) is 0.314. The van der Waals surface area contributed by atoms with Crippen molar-refractivity contribution in [3.63, 3.8) is 0 Å². The van der Waals surface area contributed by atoms with Gasteiger partial charge in [0.05, 0.1) is 17.2 Å². The highest BCUT2D eigenvalue weighted by atomic mass is 32.2. The fraction of sp³-hybridized carbons (Fsp3) is 0.240. The summed E-state index contributed by atoms with van der Waals surface area (Å²) in [5.41, 5.74) is 4.35. The number of carbonyl (C=O) groups is 1. The number of hydrogen-bond acceptors (Lipinski definition) is 4. The predicted molar refractivity (Wildman–Crippen MR) is 128 cm³/mol. The van der Waals surface area contributed by atoms with Crippen LogP contribution in [0.2, 0.25) is 0 Å². The summed E-state index contributed by atoms with van der Waals surface area (Å²) in [6.07, 6.45) is 0. The van der Waals surface area contributed by atoms with Crippen molar-refractivity contribution in [2.45, 2.75) is 32.6 Å². The highest BCUT2D eigenvalue weighted by Crippen LogP contribution is 2.26. The lowest BCUT2D eigenvalue weighted by molar-refractivity contribution is 0.102. The summed E-state index contributed by atoms with van der Waals surface area (Å²) in [4.78, 5) is 13.0. The smallest absolute Gasteiger partial charge is 0.264 e. The van der Waals surface area contributed by atoms with Crippen LogP contribution in [0, 0.1) is 20.8 Å². The normalized spacial score (nSPS) is 11.2. The lowest BCUT2D eigenvalue weighted by Gasteiger charge is -2.20. The van der Waals surface area contributed by atoms with Gasteiger partial charge in [0.1, 0.15) is 5.75 Å². The van der Waals surface area contributed by atoms with Crippen LogP contribution in [0.25, 0.3) is 0 Å². The molecule has 0 saturated heterocycles. The van der Waals surface area contributed by atoms with Crippen molar-refractivity contribution in [1.29, 1.82) is 0 Å². The minimum absolute atomic E-state index is 0.0460. The van der Waals surface area contributed by atoms with Gasteiger partial charge in [-0.1, -0.05) is 12.1 Å². The zero-order chi connectivity index (χ0) is 23.5. The molecule has 3 rings (SSSR count). The van der Waals surface area contributed by atoms with Crippen molar-refractivity contribution in [3.8, 4) is 5.75 Å². The van der Waals surface area contributed by atoms with Gasteiger partial charge in [-0.15, -0.1) is 0 Å². The fourth-order valence-electron chi connectivity index (χ4n) is 3.24. The van der Waals surface area contributed by atoms with Gasteiger partial charge in [0.25, 0.3) is 15.9 Å². The number of nitrogens with zero attached hydrogens (tertiary/aromatic N) is 1. The molecule has 0 atom stereocenters. The first-order chi connectivity index (χ1) is 15.1. The molecule has 0 aromatic heterocycles. The monoisotopic (exact) mass is 452 g/mol. The van der Waals surface area contributed by atoms with Crippen LogP contribution in [-0.4, -0.2) is 28.0 Å². The summed E-state index contributed by atoms with van der Waals surface area (Å²) in [7, 11) is -2.38. The van der Waals surface area contributed by atoms with Crippen LogP contribution in [0.3, 0.4) is 0 Å². The van der Waals surface area contributed by atoms with Gasteiger partial charge in [-0.3, -0.25) is 9.10 Å². The molecule has 0 aliphatic heterocycles. The Balaban J connectivity index is 1.88. The Morgan fingerprint density at radius 3 is 2.19 bits per heavy atom. The number of anilines is 2. The van der Waals surface area contributed by atoms with E-state index >= 15 is 0 Å².